The van der Waals surface area contributed by atoms with Crippen LogP contribution in [0.3, 0.4) is 0 Å². The van der Waals surface area contributed by atoms with Crippen LogP contribution in [0.5, 0.6) is 0 Å². The lowest BCUT2D eigenvalue weighted by Crippen LogP contribution is -2.15. The number of aromatic nitrogens is 1. The molecule has 10 heteroatoms. The Morgan fingerprint density at radius 1 is 1.29 bits per heavy atom. The van der Waals surface area contributed by atoms with Gasteiger partial charge in [-0.3, -0.25) is 15.2 Å². The zero-order valence-electron chi connectivity index (χ0n) is 16.9. The lowest BCUT2D eigenvalue weighted by atomic mass is 10.1. The highest BCUT2D eigenvalue weighted by atomic mass is 19.4. The van der Waals surface area contributed by atoms with Crippen LogP contribution in [0.1, 0.15) is 47.9 Å². The number of hydrogen-bond donors (Lipinski definition) is 3. The number of hydrazone groups is 1. The SMILES string of the molecule is CC1=NNC(=NC=CNC(C)c2cccc(NC(=O)c3ccc(C(F)(F)F)nc3)c2)C1. The average Bonchev–Trinajstić information content (AvgIpc) is 3.15. The first-order chi connectivity index (χ1) is 14.7. The number of nitrogens with zero attached hydrogens (tertiary/aromatic N) is 3. The quantitative estimate of drug-likeness (QED) is 0.639. The zero-order chi connectivity index (χ0) is 22.4. The summed E-state index contributed by atoms with van der Waals surface area (Å²) in [5, 5.41) is 9.90. The molecule has 1 aliphatic heterocycles. The number of amidine groups is 1. The van der Waals surface area contributed by atoms with Crippen molar-refractivity contribution >= 4 is 23.1 Å². The fraction of sp³-hybridized carbons (Fsp3) is 0.238. The van der Waals surface area contributed by atoms with Gasteiger partial charge in [0.05, 0.1) is 5.56 Å². The Kier molecular flexibility index (Phi) is 6.68. The molecule has 0 aliphatic carbocycles. The van der Waals surface area contributed by atoms with Gasteiger partial charge in [-0.2, -0.15) is 18.3 Å². The lowest BCUT2D eigenvalue weighted by molar-refractivity contribution is -0.141. The smallest absolute Gasteiger partial charge is 0.383 e. The van der Waals surface area contributed by atoms with Crippen LogP contribution >= 0.6 is 0 Å². The van der Waals surface area contributed by atoms with E-state index in [1.54, 1.807) is 30.6 Å². The molecule has 0 saturated carbocycles. The number of carbonyl (C=O) groups excluding carboxylic acids is 1. The molecule has 1 aliphatic rings. The molecule has 162 valence electrons. The Morgan fingerprint density at radius 2 is 2.10 bits per heavy atom. The number of amides is 1. The third-order valence-electron chi connectivity index (χ3n) is 4.41. The summed E-state index contributed by atoms with van der Waals surface area (Å²) in [6.07, 6.45) is 0.399. The largest absolute Gasteiger partial charge is 0.433 e. The molecule has 2 heterocycles. The average molecular weight is 430 g/mol. The number of hydrogen-bond acceptors (Lipinski definition) is 5. The second-order valence-electron chi connectivity index (χ2n) is 6.93. The van der Waals surface area contributed by atoms with E-state index in [0.717, 1.165) is 35.4 Å². The van der Waals surface area contributed by atoms with Crippen LogP contribution < -0.4 is 16.1 Å². The molecule has 1 aromatic heterocycles. The van der Waals surface area contributed by atoms with E-state index >= 15 is 0 Å². The highest BCUT2D eigenvalue weighted by Gasteiger charge is 2.32. The van der Waals surface area contributed by atoms with Crippen LogP contribution in [0.4, 0.5) is 18.9 Å². The van der Waals surface area contributed by atoms with Gasteiger partial charge in [-0.1, -0.05) is 12.1 Å². The Hall–Kier alpha value is -3.69. The van der Waals surface area contributed by atoms with E-state index in [1.807, 2.05) is 19.9 Å². The molecule has 1 amide bonds. The van der Waals surface area contributed by atoms with Gasteiger partial charge in [0.15, 0.2) is 0 Å². The summed E-state index contributed by atoms with van der Waals surface area (Å²) < 4.78 is 37.8. The van der Waals surface area contributed by atoms with Gasteiger partial charge in [-0.05, 0) is 43.7 Å². The molecule has 3 N–H and O–H groups in total. The van der Waals surface area contributed by atoms with Crippen molar-refractivity contribution < 1.29 is 18.0 Å². The van der Waals surface area contributed by atoms with Gasteiger partial charge >= 0.3 is 6.18 Å². The molecule has 0 bridgehead atoms. The monoisotopic (exact) mass is 430 g/mol. The number of alkyl halides is 3. The Bertz CT molecular complexity index is 1030. The molecular weight excluding hydrogens is 409 g/mol. The maximum Gasteiger partial charge on any atom is 0.433 e. The van der Waals surface area contributed by atoms with Gasteiger partial charge in [-0.25, -0.2) is 4.99 Å². The summed E-state index contributed by atoms with van der Waals surface area (Å²) >= 11 is 0. The van der Waals surface area contributed by atoms with E-state index in [1.165, 1.54) is 0 Å². The standard InChI is InChI=1S/C21H21F3N6O/c1-13-10-19(30-29-13)26-9-8-25-14(2)15-4-3-5-17(11-15)28-20(31)16-6-7-18(27-12-16)21(22,23)24/h3-9,11-12,14,25H,10H2,1-2H3,(H,26,30)(H,28,31). The maximum absolute atomic E-state index is 12.6. The fourth-order valence-electron chi connectivity index (χ4n) is 2.75. The van der Waals surface area contributed by atoms with Crippen LogP contribution in [-0.2, 0) is 6.18 Å². The number of carbonyl (C=O) groups is 1. The number of nitrogens with one attached hydrogen (secondary N) is 3. The summed E-state index contributed by atoms with van der Waals surface area (Å²) in [5.41, 5.74) is 4.21. The second kappa shape index (κ2) is 9.41. The molecule has 2 aromatic rings. The van der Waals surface area contributed by atoms with Crippen molar-refractivity contribution in [3.63, 3.8) is 0 Å². The molecule has 0 saturated heterocycles. The summed E-state index contributed by atoms with van der Waals surface area (Å²) in [6, 6.07) is 8.95. The number of rotatable bonds is 6. The predicted molar refractivity (Wildman–Crippen MR) is 113 cm³/mol. The van der Waals surface area contributed by atoms with E-state index in [9.17, 15) is 18.0 Å². The molecular formula is C21H21F3N6O. The van der Waals surface area contributed by atoms with E-state index < -0.39 is 17.8 Å². The first-order valence-corrected chi connectivity index (χ1v) is 9.44. The van der Waals surface area contributed by atoms with Crippen LogP contribution in [0.2, 0.25) is 0 Å². The van der Waals surface area contributed by atoms with Crippen molar-refractivity contribution in [1.29, 1.82) is 0 Å². The Morgan fingerprint density at radius 3 is 2.74 bits per heavy atom. The van der Waals surface area contributed by atoms with E-state index in [2.05, 4.69) is 31.1 Å². The molecule has 3 rings (SSSR count). The molecule has 0 radical (unpaired) electrons. The zero-order valence-corrected chi connectivity index (χ0v) is 16.9. The van der Waals surface area contributed by atoms with Crippen LogP contribution in [0.25, 0.3) is 0 Å². The van der Waals surface area contributed by atoms with E-state index in [-0.39, 0.29) is 11.6 Å². The van der Waals surface area contributed by atoms with Crippen molar-refractivity contribution in [3.05, 3.63) is 71.8 Å². The number of pyridine rings is 1. The summed E-state index contributed by atoms with van der Waals surface area (Å²) in [5.74, 6) is 0.224. The first-order valence-electron chi connectivity index (χ1n) is 9.44. The molecule has 1 aromatic carbocycles. The topological polar surface area (TPSA) is 90.8 Å². The maximum atomic E-state index is 12.6. The van der Waals surface area contributed by atoms with Gasteiger partial charge < -0.3 is 10.6 Å². The third kappa shape index (κ3) is 6.14. The van der Waals surface area contributed by atoms with Crippen molar-refractivity contribution in [2.75, 3.05) is 5.32 Å². The van der Waals surface area contributed by atoms with Gasteiger partial charge in [0.2, 0.25) is 0 Å². The van der Waals surface area contributed by atoms with Gasteiger partial charge in [0, 0.05) is 42.5 Å². The molecule has 1 unspecified atom stereocenters. The fourth-order valence-corrected chi connectivity index (χ4v) is 2.75. The minimum absolute atomic E-state index is 0.0337. The highest BCUT2D eigenvalue weighted by molar-refractivity contribution is 6.06. The van der Waals surface area contributed by atoms with Gasteiger partial charge in [0.25, 0.3) is 5.91 Å². The minimum atomic E-state index is -4.55. The van der Waals surface area contributed by atoms with E-state index in [0.29, 0.717) is 12.1 Å². The van der Waals surface area contributed by atoms with Gasteiger partial charge in [0.1, 0.15) is 11.5 Å². The number of aliphatic imine (C=N–C) groups is 1. The first kappa shape index (κ1) is 22.0. The predicted octanol–water partition coefficient (Wildman–Crippen LogP) is 4.24. The third-order valence-corrected chi connectivity index (χ3v) is 4.41. The van der Waals surface area contributed by atoms with Crippen molar-refractivity contribution in [2.24, 2.45) is 10.1 Å². The van der Waals surface area contributed by atoms with Crippen LogP contribution in [-0.4, -0.2) is 22.4 Å². The summed E-state index contributed by atoms with van der Waals surface area (Å²) in [6.45, 7) is 3.86. The summed E-state index contributed by atoms with van der Waals surface area (Å²) in [4.78, 5) is 19.9. The van der Waals surface area contributed by atoms with Crippen molar-refractivity contribution in [2.45, 2.75) is 32.5 Å². The molecule has 1 atom stereocenters. The summed E-state index contributed by atoms with van der Waals surface area (Å²) in [7, 11) is 0. The molecule has 31 heavy (non-hydrogen) atoms. The van der Waals surface area contributed by atoms with Crippen molar-refractivity contribution in [1.82, 2.24) is 15.7 Å². The second-order valence-corrected chi connectivity index (χ2v) is 6.93. The molecule has 0 fully saturated rings. The Labute approximate surface area is 177 Å². The molecule has 7 nitrogen and oxygen atoms in total. The van der Waals surface area contributed by atoms with Crippen LogP contribution in [0, 0.1) is 0 Å². The highest BCUT2D eigenvalue weighted by Crippen LogP contribution is 2.27. The lowest BCUT2D eigenvalue weighted by Gasteiger charge is -2.14. The van der Waals surface area contributed by atoms with Gasteiger partial charge in [-0.15, -0.1) is 0 Å². The van der Waals surface area contributed by atoms with E-state index in [4.69, 9.17) is 0 Å². The Balaban J connectivity index is 1.58. The number of benzene rings is 1. The minimum Gasteiger partial charge on any atom is -0.383 e. The van der Waals surface area contributed by atoms with Crippen molar-refractivity contribution in [3.8, 4) is 0 Å². The molecule has 0 spiro atoms. The van der Waals surface area contributed by atoms with Crippen LogP contribution in [0.15, 0.2) is 65.1 Å². The number of halogens is 3. The number of anilines is 1. The normalized spacial score (nSPS) is 16.2.